The lowest BCUT2D eigenvalue weighted by molar-refractivity contribution is 0.590. The topological polar surface area (TPSA) is 12.0 Å². The van der Waals surface area contributed by atoms with Crippen molar-refractivity contribution in [2.45, 2.75) is 78.6 Å². The maximum Gasteiger partial charge on any atom is 0.0470 e. The van der Waals surface area contributed by atoms with E-state index in [1.165, 1.54) is 38.2 Å². The molecule has 0 fully saturated rings. The number of fused-ring (bicyclic) bond motifs is 3. The van der Waals surface area contributed by atoms with Gasteiger partial charge in [-0.05, 0) is 79.4 Å². The van der Waals surface area contributed by atoms with Gasteiger partial charge in [-0.15, -0.1) is 0 Å². The van der Waals surface area contributed by atoms with E-state index in [-0.39, 0.29) is 16.2 Å². The van der Waals surface area contributed by atoms with Gasteiger partial charge in [-0.2, -0.15) is 0 Å². The quantitative estimate of drug-likeness (QED) is 0.308. The van der Waals surface area contributed by atoms with Crippen LogP contribution in [0.4, 0.5) is 11.4 Å². The van der Waals surface area contributed by atoms with Crippen molar-refractivity contribution >= 4 is 32.9 Å². The molecule has 0 aliphatic rings. The van der Waals surface area contributed by atoms with Gasteiger partial charge in [-0.3, -0.25) is 0 Å². The smallest absolute Gasteiger partial charge is 0.0470 e. The van der Waals surface area contributed by atoms with Crippen molar-refractivity contribution in [2.75, 3.05) is 5.32 Å². The third kappa shape index (κ3) is 4.78. The molecule has 0 saturated heterocycles. The van der Waals surface area contributed by atoms with E-state index in [0.717, 1.165) is 11.4 Å². The van der Waals surface area contributed by atoms with E-state index < -0.39 is 0 Å². The van der Waals surface area contributed by atoms with E-state index in [1.807, 2.05) is 0 Å². The first-order chi connectivity index (χ1) is 15.2. The molecule has 0 bridgehead atoms. The van der Waals surface area contributed by atoms with Crippen LogP contribution in [0.1, 0.15) is 79.0 Å². The number of hydrogen-bond donors (Lipinski definition) is 1. The first-order valence-corrected chi connectivity index (χ1v) is 12.1. The van der Waals surface area contributed by atoms with Gasteiger partial charge in [-0.25, -0.2) is 0 Å². The van der Waals surface area contributed by atoms with Crippen LogP contribution in [0, 0.1) is 0 Å². The lowest BCUT2D eigenvalue weighted by Gasteiger charge is -2.23. The van der Waals surface area contributed by atoms with Crippen molar-refractivity contribution in [3.8, 4) is 0 Å². The van der Waals surface area contributed by atoms with Crippen molar-refractivity contribution in [1.29, 1.82) is 0 Å². The predicted octanol–water partition coefficient (Wildman–Crippen LogP) is 9.63. The average molecular weight is 438 g/mol. The Balaban J connectivity index is 1.91. The second-order valence-corrected chi connectivity index (χ2v) is 12.6. The Morgan fingerprint density at radius 1 is 0.455 bits per heavy atom. The summed E-state index contributed by atoms with van der Waals surface area (Å²) in [5, 5.41) is 8.91. The highest BCUT2D eigenvalue weighted by atomic mass is 14.9. The molecule has 1 N–H and O–H groups in total. The molecule has 4 aromatic rings. The predicted molar refractivity (Wildman–Crippen MR) is 147 cm³/mol. The van der Waals surface area contributed by atoms with Gasteiger partial charge in [0, 0.05) is 16.8 Å². The van der Waals surface area contributed by atoms with Crippen LogP contribution in [0.2, 0.25) is 0 Å². The zero-order chi connectivity index (χ0) is 24.2. The van der Waals surface area contributed by atoms with Gasteiger partial charge in [0.05, 0.1) is 0 Å². The van der Waals surface area contributed by atoms with Crippen LogP contribution in [0.15, 0.2) is 66.7 Å². The average Bonchev–Trinajstić information content (AvgIpc) is 2.71. The molecule has 0 saturated carbocycles. The Morgan fingerprint density at radius 2 is 0.939 bits per heavy atom. The van der Waals surface area contributed by atoms with Gasteiger partial charge in [-0.1, -0.05) is 98.7 Å². The number of hydrogen-bond acceptors (Lipinski definition) is 1. The summed E-state index contributed by atoms with van der Waals surface area (Å²) in [6.07, 6.45) is 0. The molecule has 0 spiro atoms. The minimum absolute atomic E-state index is 0.106. The Morgan fingerprint density at radius 3 is 1.48 bits per heavy atom. The monoisotopic (exact) mass is 437 g/mol. The molecule has 172 valence electrons. The zero-order valence-electron chi connectivity index (χ0n) is 21.9. The van der Waals surface area contributed by atoms with E-state index in [4.69, 9.17) is 0 Å². The van der Waals surface area contributed by atoms with Gasteiger partial charge in [0.15, 0.2) is 0 Å². The zero-order valence-corrected chi connectivity index (χ0v) is 21.9. The summed E-state index contributed by atoms with van der Waals surface area (Å²) in [5.74, 6) is 0. The van der Waals surface area contributed by atoms with Crippen molar-refractivity contribution < 1.29 is 0 Å². The largest absolute Gasteiger partial charge is 0.355 e. The van der Waals surface area contributed by atoms with Crippen LogP contribution >= 0.6 is 0 Å². The molecule has 33 heavy (non-hydrogen) atoms. The van der Waals surface area contributed by atoms with Crippen LogP contribution in [0.5, 0.6) is 0 Å². The van der Waals surface area contributed by atoms with Gasteiger partial charge in [0.1, 0.15) is 0 Å². The normalized spacial score (nSPS) is 13.0. The summed E-state index contributed by atoms with van der Waals surface area (Å²) in [7, 11) is 0. The highest BCUT2D eigenvalue weighted by molar-refractivity contribution is 6.14. The van der Waals surface area contributed by atoms with Crippen molar-refractivity contribution in [3.63, 3.8) is 0 Å². The van der Waals surface area contributed by atoms with Crippen LogP contribution in [0.3, 0.4) is 0 Å². The summed E-state index contributed by atoms with van der Waals surface area (Å²) in [5.41, 5.74) is 6.74. The first-order valence-electron chi connectivity index (χ1n) is 12.1. The van der Waals surface area contributed by atoms with Crippen molar-refractivity contribution in [1.82, 2.24) is 0 Å². The summed E-state index contributed by atoms with van der Waals surface area (Å²) < 4.78 is 0. The molecule has 0 aromatic heterocycles. The highest BCUT2D eigenvalue weighted by Gasteiger charge is 2.19. The summed E-state index contributed by atoms with van der Waals surface area (Å²) in [6, 6.07) is 25.1. The molecular weight excluding hydrogens is 398 g/mol. The minimum Gasteiger partial charge on any atom is -0.355 e. The fraction of sp³-hybridized carbons (Fsp3) is 0.375. The van der Waals surface area contributed by atoms with E-state index >= 15 is 0 Å². The molecule has 1 heteroatoms. The number of nitrogens with one attached hydrogen (secondary N) is 1. The summed E-state index contributed by atoms with van der Waals surface area (Å²) >= 11 is 0. The molecule has 0 amide bonds. The van der Waals surface area contributed by atoms with Crippen LogP contribution in [-0.2, 0) is 16.2 Å². The number of benzene rings is 4. The first kappa shape index (κ1) is 23.4. The molecular formula is C32H39N. The Bertz CT molecular complexity index is 1300. The standard InChI is InChI=1S/C32H39N/c1-30(2,3)22-12-15-25(16-13-22)33-29-18-21-10-11-23(31(4,5)6)19-27(21)28-20-24(32(7,8)9)14-17-26(28)29/h10-20,33H,1-9H3. The lowest BCUT2D eigenvalue weighted by atomic mass is 9.83. The second kappa shape index (κ2) is 7.90. The maximum absolute atomic E-state index is 3.72. The van der Waals surface area contributed by atoms with E-state index in [2.05, 4.69) is 134 Å². The fourth-order valence-corrected chi connectivity index (χ4v) is 4.40. The molecule has 0 unspecified atom stereocenters. The molecule has 0 heterocycles. The third-order valence-electron chi connectivity index (χ3n) is 6.72. The van der Waals surface area contributed by atoms with Crippen LogP contribution < -0.4 is 5.32 Å². The van der Waals surface area contributed by atoms with E-state index in [0.29, 0.717) is 0 Å². The van der Waals surface area contributed by atoms with Gasteiger partial charge in [0.2, 0.25) is 0 Å². The van der Waals surface area contributed by atoms with Gasteiger partial charge >= 0.3 is 0 Å². The molecule has 0 aliphatic heterocycles. The van der Waals surface area contributed by atoms with Crippen molar-refractivity contribution in [3.05, 3.63) is 83.4 Å². The molecule has 0 atom stereocenters. The van der Waals surface area contributed by atoms with Crippen molar-refractivity contribution in [2.24, 2.45) is 0 Å². The molecule has 1 nitrogen and oxygen atoms in total. The fourth-order valence-electron chi connectivity index (χ4n) is 4.40. The van der Waals surface area contributed by atoms with E-state index in [9.17, 15) is 0 Å². The molecule has 0 aliphatic carbocycles. The number of anilines is 2. The minimum atomic E-state index is 0.106. The molecule has 0 radical (unpaired) electrons. The maximum atomic E-state index is 3.72. The molecule has 4 rings (SSSR count). The SMILES string of the molecule is CC(C)(C)c1ccc(Nc2cc3ccc(C(C)(C)C)cc3c3cc(C(C)(C)C)ccc23)cc1. The Kier molecular flexibility index (Phi) is 5.60. The van der Waals surface area contributed by atoms with Crippen LogP contribution in [-0.4, -0.2) is 0 Å². The van der Waals surface area contributed by atoms with E-state index in [1.54, 1.807) is 0 Å². The van der Waals surface area contributed by atoms with Gasteiger partial charge < -0.3 is 5.32 Å². The van der Waals surface area contributed by atoms with Crippen LogP contribution in [0.25, 0.3) is 21.5 Å². The second-order valence-electron chi connectivity index (χ2n) is 12.6. The van der Waals surface area contributed by atoms with Gasteiger partial charge in [0.25, 0.3) is 0 Å². The molecule has 4 aromatic carbocycles. The highest BCUT2D eigenvalue weighted by Crippen LogP contribution is 2.38. The summed E-state index contributed by atoms with van der Waals surface area (Å²) in [6.45, 7) is 20.5. The lowest BCUT2D eigenvalue weighted by Crippen LogP contribution is -2.11. The Hall–Kier alpha value is -2.80. The third-order valence-corrected chi connectivity index (χ3v) is 6.72. The summed E-state index contributed by atoms with van der Waals surface area (Å²) in [4.78, 5) is 0. The number of rotatable bonds is 2. The Labute approximate surface area is 200 Å².